The summed E-state index contributed by atoms with van der Waals surface area (Å²) in [6.07, 6.45) is 2.11. The predicted octanol–water partition coefficient (Wildman–Crippen LogP) is 1.05. The van der Waals surface area contributed by atoms with Crippen LogP contribution in [0.3, 0.4) is 0 Å². The molecule has 18 heavy (non-hydrogen) atoms. The van der Waals surface area contributed by atoms with E-state index in [-0.39, 0.29) is 5.41 Å². The van der Waals surface area contributed by atoms with Crippen LogP contribution in [0.1, 0.15) is 32.0 Å². The van der Waals surface area contributed by atoms with E-state index in [1.165, 1.54) is 11.3 Å². The highest BCUT2D eigenvalue weighted by molar-refractivity contribution is 5.23. The number of aryl methyl sites for hydroxylation is 1. The van der Waals surface area contributed by atoms with Gasteiger partial charge in [-0.2, -0.15) is 5.10 Å². The lowest BCUT2D eigenvalue weighted by molar-refractivity contribution is 0.0105. The van der Waals surface area contributed by atoms with Gasteiger partial charge in [0.05, 0.1) is 18.9 Å². The van der Waals surface area contributed by atoms with Gasteiger partial charge in [-0.05, 0) is 0 Å². The maximum absolute atomic E-state index is 5.34. The van der Waals surface area contributed by atoms with Crippen LogP contribution in [0.15, 0.2) is 6.20 Å². The van der Waals surface area contributed by atoms with Crippen LogP contribution in [-0.2, 0) is 23.7 Å². The Bertz CT molecular complexity index is 388. The Hall–Kier alpha value is -0.910. The summed E-state index contributed by atoms with van der Waals surface area (Å²) in [5.74, 6) is 0. The van der Waals surface area contributed by atoms with Crippen molar-refractivity contribution in [2.75, 3.05) is 26.3 Å². The molecule has 0 unspecified atom stereocenters. The van der Waals surface area contributed by atoms with Crippen LogP contribution in [-0.4, -0.2) is 41.1 Å². The van der Waals surface area contributed by atoms with Crippen LogP contribution in [0.25, 0.3) is 0 Å². The second kappa shape index (κ2) is 5.38. The number of hydrazine groups is 1. The fourth-order valence-electron chi connectivity index (χ4n) is 2.22. The lowest BCUT2D eigenvalue weighted by atomic mass is 9.89. The summed E-state index contributed by atoms with van der Waals surface area (Å²) in [6.45, 7) is 11.0. The Labute approximate surface area is 109 Å². The van der Waals surface area contributed by atoms with Crippen molar-refractivity contribution in [2.24, 2.45) is 7.05 Å². The number of ether oxygens (including phenoxy) is 1. The summed E-state index contributed by atoms with van der Waals surface area (Å²) in [4.78, 5) is 0. The molecule has 5 heteroatoms. The first-order valence-corrected chi connectivity index (χ1v) is 6.56. The maximum Gasteiger partial charge on any atom is 0.0723 e. The number of hydrogen-bond donors (Lipinski definition) is 1. The van der Waals surface area contributed by atoms with Crippen molar-refractivity contribution < 1.29 is 4.74 Å². The van der Waals surface area contributed by atoms with Crippen molar-refractivity contribution >= 4 is 0 Å². The minimum absolute atomic E-state index is 0.0866. The smallest absolute Gasteiger partial charge is 0.0723 e. The zero-order valence-corrected chi connectivity index (χ0v) is 11.9. The van der Waals surface area contributed by atoms with Crippen LogP contribution < -0.4 is 5.43 Å². The fourth-order valence-corrected chi connectivity index (χ4v) is 2.22. The highest BCUT2D eigenvalue weighted by Crippen LogP contribution is 2.23. The van der Waals surface area contributed by atoms with Crippen molar-refractivity contribution in [3.8, 4) is 0 Å². The molecule has 1 aromatic rings. The molecule has 0 aliphatic carbocycles. The molecule has 2 heterocycles. The predicted molar refractivity (Wildman–Crippen MR) is 71.1 cm³/mol. The van der Waals surface area contributed by atoms with Crippen molar-refractivity contribution in [1.29, 1.82) is 0 Å². The van der Waals surface area contributed by atoms with E-state index in [1.54, 1.807) is 0 Å². The largest absolute Gasteiger partial charge is 0.379 e. The van der Waals surface area contributed by atoms with Gasteiger partial charge in [0.25, 0.3) is 0 Å². The summed E-state index contributed by atoms with van der Waals surface area (Å²) in [7, 11) is 1.98. The zero-order chi connectivity index (χ0) is 13.2. The van der Waals surface area contributed by atoms with Gasteiger partial charge < -0.3 is 4.74 Å². The van der Waals surface area contributed by atoms with E-state index >= 15 is 0 Å². The van der Waals surface area contributed by atoms with Gasteiger partial charge in [0, 0.05) is 43.9 Å². The van der Waals surface area contributed by atoms with Crippen LogP contribution in [0, 0.1) is 0 Å². The third-order valence-electron chi connectivity index (χ3n) is 3.12. The highest BCUT2D eigenvalue weighted by Gasteiger charge is 2.22. The molecule has 1 saturated heterocycles. The van der Waals surface area contributed by atoms with Crippen LogP contribution in [0.4, 0.5) is 0 Å². The molecule has 0 spiro atoms. The van der Waals surface area contributed by atoms with E-state index in [0.717, 1.165) is 32.8 Å². The van der Waals surface area contributed by atoms with Gasteiger partial charge in [-0.15, -0.1) is 0 Å². The van der Waals surface area contributed by atoms with E-state index in [1.807, 2.05) is 11.7 Å². The van der Waals surface area contributed by atoms with Gasteiger partial charge in [-0.1, -0.05) is 20.8 Å². The molecule has 1 N–H and O–H groups in total. The van der Waals surface area contributed by atoms with Crippen LogP contribution >= 0.6 is 0 Å². The molecule has 1 aromatic heterocycles. The molecule has 5 nitrogen and oxygen atoms in total. The van der Waals surface area contributed by atoms with Crippen LogP contribution in [0.5, 0.6) is 0 Å². The first-order valence-electron chi connectivity index (χ1n) is 6.56. The molecule has 102 valence electrons. The number of morpholine rings is 1. The monoisotopic (exact) mass is 252 g/mol. The molecule has 2 rings (SSSR count). The second-order valence-corrected chi connectivity index (χ2v) is 5.86. The quantitative estimate of drug-likeness (QED) is 0.873. The van der Waals surface area contributed by atoms with E-state index in [0.29, 0.717) is 0 Å². The number of hydrogen-bond acceptors (Lipinski definition) is 4. The summed E-state index contributed by atoms with van der Waals surface area (Å²) in [6, 6.07) is 0. The first-order chi connectivity index (χ1) is 8.47. The van der Waals surface area contributed by atoms with E-state index in [2.05, 4.69) is 42.5 Å². The molecular weight excluding hydrogens is 228 g/mol. The standard InChI is InChI=1S/C13H24N4O/c1-13(2,3)12-11(10-16(4)15-12)9-14-17-5-7-18-8-6-17/h10,14H,5-9H2,1-4H3. The minimum Gasteiger partial charge on any atom is -0.379 e. The molecule has 0 radical (unpaired) electrons. The highest BCUT2D eigenvalue weighted by atomic mass is 16.5. The maximum atomic E-state index is 5.34. The fraction of sp³-hybridized carbons (Fsp3) is 0.769. The van der Waals surface area contributed by atoms with Crippen LogP contribution in [0.2, 0.25) is 0 Å². The van der Waals surface area contributed by atoms with E-state index < -0.39 is 0 Å². The van der Waals surface area contributed by atoms with Gasteiger partial charge in [-0.3, -0.25) is 10.1 Å². The van der Waals surface area contributed by atoms with Crippen molar-refractivity contribution in [3.05, 3.63) is 17.5 Å². The van der Waals surface area contributed by atoms with E-state index in [9.17, 15) is 0 Å². The topological polar surface area (TPSA) is 42.3 Å². The van der Waals surface area contributed by atoms with Gasteiger partial charge in [0.1, 0.15) is 0 Å². The minimum atomic E-state index is 0.0866. The summed E-state index contributed by atoms with van der Waals surface area (Å²) >= 11 is 0. The van der Waals surface area contributed by atoms with Gasteiger partial charge >= 0.3 is 0 Å². The molecule has 0 atom stereocenters. The lowest BCUT2D eigenvalue weighted by Crippen LogP contribution is -2.45. The average Bonchev–Trinajstić information content (AvgIpc) is 2.69. The Morgan fingerprint density at radius 2 is 2.00 bits per heavy atom. The Morgan fingerprint density at radius 3 is 2.61 bits per heavy atom. The van der Waals surface area contributed by atoms with Crippen molar-refractivity contribution in [2.45, 2.75) is 32.7 Å². The third-order valence-corrected chi connectivity index (χ3v) is 3.12. The second-order valence-electron chi connectivity index (χ2n) is 5.86. The Kier molecular flexibility index (Phi) is 4.04. The molecule has 1 aliphatic rings. The van der Waals surface area contributed by atoms with Crippen molar-refractivity contribution in [3.63, 3.8) is 0 Å². The third kappa shape index (κ3) is 3.31. The first kappa shape index (κ1) is 13.5. The molecule has 0 saturated carbocycles. The number of nitrogens with zero attached hydrogens (tertiary/aromatic N) is 3. The Balaban J connectivity index is 2.00. The van der Waals surface area contributed by atoms with E-state index in [4.69, 9.17) is 4.74 Å². The number of rotatable bonds is 3. The van der Waals surface area contributed by atoms with Gasteiger partial charge in [0.2, 0.25) is 0 Å². The van der Waals surface area contributed by atoms with Gasteiger partial charge in [-0.25, -0.2) is 5.01 Å². The summed E-state index contributed by atoms with van der Waals surface area (Å²) in [5.41, 5.74) is 6.00. The number of nitrogens with one attached hydrogen (secondary N) is 1. The summed E-state index contributed by atoms with van der Waals surface area (Å²) in [5, 5.41) is 6.80. The van der Waals surface area contributed by atoms with Gasteiger partial charge in [0.15, 0.2) is 0 Å². The molecule has 0 aromatic carbocycles. The molecule has 1 fully saturated rings. The number of aromatic nitrogens is 2. The lowest BCUT2D eigenvalue weighted by Gasteiger charge is -2.27. The Morgan fingerprint density at radius 1 is 1.33 bits per heavy atom. The molecule has 0 bridgehead atoms. The SMILES string of the molecule is Cn1cc(CNN2CCOCC2)c(C(C)(C)C)n1. The summed E-state index contributed by atoms with van der Waals surface area (Å²) < 4.78 is 7.24. The average molecular weight is 252 g/mol. The van der Waals surface area contributed by atoms with Crippen molar-refractivity contribution in [1.82, 2.24) is 20.2 Å². The molecule has 0 amide bonds. The zero-order valence-electron chi connectivity index (χ0n) is 11.9. The molecular formula is C13H24N4O. The molecule has 1 aliphatic heterocycles. The normalized spacial score (nSPS) is 18.2.